The van der Waals surface area contributed by atoms with Crippen LogP contribution in [0.4, 0.5) is 5.13 Å². The van der Waals surface area contributed by atoms with Crippen molar-refractivity contribution < 1.29 is 4.79 Å². The molecule has 7 heteroatoms. The highest BCUT2D eigenvalue weighted by Gasteiger charge is 2.11. The zero-order valence-electron chi connectivity index (χ0n) is 12.0. The first-order chi connectivity index (χ1) is 10.2. The van der Waals surface area contributed by atoms with Crippen LogP contribution < -0.4 is 16.4 Å². The Kier molecular flexibility index (Phi) is 6.28. The fourth-order valence-electron chi connectivity index (χ4n) is 1.81. The number of thioether (sulfide) groups is 1. The minimum Gasteiger partial charge on any atom is -0.360 e. The van der Waals surface area contributed by atoms with Gasteiger partial charge in [-0.25, -0.2) is 4.98 Å². The lowest BCUT2D eigenvalue weighted by atomic mass is 10.2. The second-order valence-corrected chi connectivity index (χ2v) is 6.61. The molecule has 0 aliphatic rings. The van der Waals surface area contributed by atoms with E-state index in [0.29, 0.717) is 19.5 Å². The number of nitrogens with two attached hydrogens (primary N) is 1. The Morgan fingerprint density at radius 3 is 3.00 bits per heavy atom. The van der Waals surface area contributed by atoms with E-state index in [0.717, 1.165) is 21.1 Å². The second kappa shape index (κ2) is 8.21. The Morgan fingerprint density at radius 1 is 1.43 bits per heavy atom. The lowest BCUT2D eigenvalue weighted by Crippen LogP contribution is -2.42. The number of fused-ring (bicyclic) bond motifs is 1. The molecule has 0 aliphatic heterocycles. The number of nitrogens with one attached hydrogen (secondary N) is 2. The summed E-state index contributed by atoms with van der Waals surface area (Å²) in [7, 11) is 0. The molecule has 0 aliphatic carbocycles. The van der Waals surface area contributed by atoms with Crippen LogP contribution in [-0.2, 0) is 4.79 Å². The minimum atomic E-state index is -0.417. The zero-order valence-corrected chi connectivity index (χ0v) is 13.6. The molecule has 5 nitrogen and oxygen atoms in total. The van der Waals surface area contributed by atoms with Gasteiger partial charge in [0.1, 0.15) is 0 Å². The number of rotatable bonds is 8. The molecule has 1 atom stereocenters. The summed E-state index contributed by atoms with van der Waals surface area (Å²) in [6.45, 7) is 1.18. The van der Waals surface area contributed by atoms with Crippen LogP contribution >= 0.6 is 23.1 Å². The molecule has 1 amide bonds. The summed E-state index contributed by atoms with van der Waals surface area (Å²) in [5.41, 5.74) is 6.79. The number of carbonyl (C=O) groups excluding carboxylic acids is 1. The summed E-state index contributed by atoms with van der Waals surface area (Å²) in [6, 6.07) is 7.59. The van der Waals surface area contributed by atoms with Crippen molar-refractivity contribution in [3.05, 3.63) is 24.3 Å². The number of nitrogens with zero attached hydrogens (tertiary/aromatic N) is 1. The van der Waals surface area contributed by atoms with Crippen molar-refractivity contribution in [3.63, 3.8) is 0 Å². The Labute approximate surface area is 132 Å². The topological polar surface area (TPSA) is 80.0 Å². The molecule has 0 bridgehead atoms. The molecular formula is C14H20N4OS2. The highest BCUT2D eigenvalue weighted by atomic mass is 32.2. The smallest absolute Gasteiger partial charge is 0.237 e. The maximum absolute atomic E-state index is 11.7. The number of anilines is 1. The van der Waals surface area contributed by atoms with Crippen LogP contribution in [0.2, 0.25) is 0 Å². The molecule has 21 heavy (non-hydrogen) atoms. The fraction of sp³-hybridized carbons (Fsp3) is 0.429. The van der Waals surface area contributed by atoms with Gasteiger partial charge in [0.15, 0.2) is 5.13 Å². The Morgan fingerprint density at radius 2 is 2.24 bits per heavy atom. The van der Waals surface area contributed by atoms with E-state index in [2.05, 4.69) is 15.6 Å². The van der Waals surface area contributed by atoms with E-state index in [9.17, 15) is 4.79 Å². The van der Waals surface area contributed by atoms with Crippen molar-refractivity contribution in [2.24, 2.45) is 5.73 Å². The lowest BCUT2D eigenvalue weighted by Gasteiger charge is -2.11. The molecule has 0 saturated carbocycles. The number of benzene rings is 1. The molecule has 2 rings (SSSR count). The first-order valence-corrected chi connectivity index (χ1v) is 9.03. The van der Waals surface area contributed by atoms with Gasteiger partial charge in [0.2, 0.25) is 5.91 Å². The molecule has 1 aromatic carbocycles. The van der Waals surface area contributed by atoms with Gasteiger partial charge >= 0.3 is 0 Å². The number of thiazole rings is 1. The number of carbonyl (C=O) groups is 1. The van der Waals surface area contributed by atoms with Gasteiger partial charge in [-0.3, -0.25) is 4.79 Å². The molecule has 1 unspecified atom stereocenters. The van der Waals surface area contributed by atoms with Gasteiger partial charge in [-0.1, -0.05) is 23.5 Å². The molecule has 0 saturated heterocycles. The first-order valence-electron chi connectivity index (χ1n) is 6.82. The highest BCUT2D eigenvalue weighted by molar-refractivity contribution is 7.98. The summed E-state index contributed by atoms with van der Waals surface area (Å²) in [5, 5.41) is 6.93. The average Bonchev–Trinajstić information content (AvgIpc) is 2.91. The lowest BCUT2D eigenvalue weighted by molar-refractivity contribution is -0.122. The highest BCUT2D eigenvalue weighted by Crippen LogP contribution is 2.24. The van der Waals surface area contributed by atoms with E-state index in [1.54, 1.807) is 23.1 Å². The summed E-state index contributed by atoms with van der Waals surface area (Å²) in [4.78, 5) is 16.2. The van der Waals surface area contributed by atoms with Crippen LogP contribution in [0, 0.1) is 0 Å². The molecule has 0 fully saturated rings. The van der Waals surface area contributed by atoms with E-state index < -0.39 is 6.04 Å². The zero-order chi connectivity index (χ0) is 15.1. The van der Waals surface area contributed by atoms with Crippen molar-refractivity contribution in [3.8, 4) is 0 Å². The van der Waals surface area contributed by atoms with Crippen LogP contribution in [0.5, 0.6) is 0 Å². The summed E-state index contributed by atoms with van der Waals surface area (Å²) in [6.07, 6.45) is 2.71. The van der Waals surface area contributed by atoms with Crippen LogP contribution in [0.15, 0.2) is 24.3 Å². The SMILES string of the molecule is CSCCC(N)C(=O)NCCNc1nc2ccccc2s1. The predicted octanol–water partition coefficient (Wildman–Crippen LogP) is 1.90. The maximum atomic E-state index is 11.7. The van der Waals surface area contributed by atoms with Crippen LogP contribution in [0.1, 0.15) is 6.42 Å². The quantitative estimate of drug-likeness (QED) is 0.646. The molecule has 114 valence electrons. The van der Waals surface area contributed by atoms with Gasteiger partial charge in [-0.15, -0.1) is 0 Å². The number of para-hydroxylation sites is 1. The molecule has 1 aromatic heterocycles. The molecule has 4 N–H and O–H groups in total. The fourth-order valence-corrected chi connectivity index (χ4v) is 3.19. The van der Waals surface area contributed by atoms with E-state index in [4.69, 9.17) is 5.73 Å². The Bertz CT molecular complexity index is 554. The van der Waals surface area contributed by atoms with Crippen LogP contribution in [0.3, 0.4) is 0 Å². The van der Waals surface area contributed by atoms with Gasteiger partial charge in [0.05, 0.1) is 16.3 Å². The summed E-state index contributed by atoms with van der Waals surface area (Å²) >= 11 is 3.31. The maximum Gasteiger partial charge on any atom is 0.237 e. The number of hydrogen-bond acceptors (Lipinski definition) is 6. The van der Waals surface area contributed by atoms with Gasteiger partial charge in [0.25, 0.3) is 0 Å². The van der Waals surface area contributed by atoms with Crippen molar-refractivity contribution in [1.29, 1.82) is 0 Å². The number of hydrogen-bond donors (Lipinski definition) is 3. The normalized spacial score (nSPS) is 12.3. The third-order valence-electron chi connectivity index (χ3n) is 2.96. The van der Waals surface area contributed by atoms with Gasteiger partial charge in [-0.05, 0) is 30.6 Å². The van der Waals surface area contributed by atoms with E-state index in [1.807, 2.05) is 30.5 Å². The van der Waals surface area contributed by atoms with Crippen LogP contribution in [0.25, 0.3) is 10.2 Å². The van der Waals surface area contributed by atoms with Crippen molar-refractivity contribution in [2.75, 3.05) is 30.4 Å². The van der Waals surface area contributed by atoms with Crippen molar-refractivity contribution >= 4 is 44.4 Å². The van der Waals surface area contributed by atoms with E-state index in [-0.39, 0.29) is 5.91 Å². The average molecular weight is 324 g/mol. The molecule has 0 radical (unpaired) electrons. The molecule has 2 aromatic rings. The van der Waals surface area contributed by atoms with Crippen molar-refractivity contribution in [2.45, 2.75) is 12.5 Å². The van der Waals surface area contributed by atoms with Gasteiger partial charge in [-0.2, -0.15) is 11.8 Å². The van der Waals surface area contributed by atoms with Crippen molar-refractivity contribution in [1.82, 2.24) is 10.3 Å². The Balaban J connectivity index is 1.70. The standard InChI is InChI=1S/C14H20N4OS2/c1-20-9-6-10(15)13(19)16-7-8-17-14-18-11-4-2-3-5-12(11)21-14/h2-5,10H,6-9,15H2,1H3,(H,16,19)(H,17,18). The molecular weight excluding hydrogens is 304 g/mol. The third kappa shape index (κ3) is 4.87. The Hall–Kier alpha value is -1.31. The second-order valence-electron chi connectivity index (χ2n) is 4.59. The van der Waals surface area contributed by atoms with E-state index in [1.165, 1.54) is 0 Å². The largest absolute Gasteiger partial charge is 0.360 e. The van der Waals surface area contributed by atoms with Gasteiger partial charge in [0, 0.05) is 13.1 Å². The number of amides is 1. The summed E-state index contributed by atoms with van der Waals surface area (Å²) in [5.74, 6) is 0.814. The molecule has 0 spiro atoms. The predicted molar refractivity (Wildman–Crippen MR) is 92.1 cm³/mol. The van der Waals surface area contributed by atoms with E-state index >= 15 is 0 Å². The minimum absolute atomic E-state index is 0.0878. The first kappa shape index (κ1) is 16.1. The monoisotopic (exact) mass is 324 g/mol. The third-order valence-corrected chi connectivity index (χ3v) is 4.60. The molecule has 1 heterocycles. The van der Waals surface area contributed by atoms with Gasteiger partial charge < -0.3 is 16.4 Å². The summed E-state index contributed by atoms with van der Waals surface area (Å²) < 4.78 is 1.16. The van der Waals surface area contributed by atoms with Crippen LogP contribution in [-0.4, -0.2) is 42.0 Å². The number of aromatic nitrogens is 1.